The molecule has 0 aliphatic carbocycles. The predicted molar refractivity (Wildman–Crippen MR) is 112 cm³/mol. The molecule has 0 saturated carbocycles. The molecule has 0 spiro atoms. The number of benzene rings is 2. The van der Waals surface area contributed by atoms with Gasteiger partial charge in [-0.1, -0.05) is 60.7 Å². The number of likely N-dealkylation sites (tertiary alicyclic amines) is 1. The van der Waals surface area contributed by atoms with Gasteiger partial charge in [-0.3, -0.25) is 14.5 Å². The Kier molecular flexibility index (Phi) is 7.99. The van der Waals surface area contributed by atoms with Gasteiger partial charge in [-0.05, 0) is 11.1 Å². The number of hydrogen-bond acceptors (Lipinski definition) is 4. The highest BCUT2D eigenvalue weighted by atomic mass is 35.5. The predicted octanol–water partition coefficient (Wildman–Crippen LogP) is 1.44. The molecular weight excluding hydrogens is 376 g/mol. The van der Waals surface area contributed by atoms with Crippen molar-refractivity contribution in [2.24, 2.45) is 5.73 Å². The van der Waals surface area contributed by atoms with E-state index in [1.165, 1.54) is 5.56 Å². The largest absolute Gasteiger partial charge is 0.357 e. The number of nitrogens with one attached hydrogen (secondary N) is 2. The van der Waals surface area contributed by atoms with Gasteiger partial charge >= 0.3 is 0 Å². The third-order valence-electron chi connectivity index (χ3n) is 4.98. The quantitative estimate of drug-likeness (QED) is 0.682. The third kappa shape index (κ3) is 5.32. The molecule has 3 rings (SSSR count). The number of rotatable bonds is 6. The lowest BCUT2D eigenvalue weighted by Crippen LogP contribution is -2.43. The van der Waals surface area contributed by atoms with Crippen molar-refractivity contribution in [3.8, 4) is 0 Å². The molecule has 1 aliphatic heterocycles. The molecule has 1 fully saturated rings. The van der Waals surface area contributed by atoms with Crippen molar-refractivity contribution >= 4 is 24.2 Å². The van der Waals surface area contributed by atoms with E-state index >= 15 is 0 Å². The lowest BCUT2D eigenvalue weighted by Gasteiger charge is -2.20. The van der Waals surface area contributed by atoms with Crippen LogP contribution in [0.2, 0.25) is 0 Å². The lowest BCUT2D eigenvalue weighted by molar-refractivity contribution is -0.129. The fraction of sp³-hybridized carbons (Fsp3) is 0.333. The van der Waals surface area contributed by atoms with Crippen molar-refractivity contribution in [3.63, 3.8) is 0 Å². The third-order valence-corrected chi connectivity index (χ3v) is 4.98. The molecule has 1 unspecified atom stereocenters. The smallest absolute Gasteiger partial charge is 0.246 e. The Morgan fingerprint density at radius 2 is 1.68 bits per heavy atom. The van der Waals surface area contributed by atoms with Crippen LogP contribution in [0.5, 0.6) is 0 Å². The van der Waals surface area contributed by atoms with Gasteiger partial charge in [0.2, 0.25) is 11.8 Å². The molecule has 0 radical (unpaired) electrons. The number of carbonyl (C=O) groups excluding carboxylic acids is 2. The summed E-state index contributed by atoms with van der Waals surface area (Å²) in [6, 6.07) is 18.7. The number of halogens is 1. The van der Waals surface area contributed by atoms with Gasteiger partial charge in [-0.15, -0.1) is 12.4 Å². The summed E-state index contributed by atoms with van der Waals surface area (Å²) < 4.78 is 0. The Bertz CT molecular complexity index is 772. The number of amides is 2. The molecule has 7 heteroatoms. The van der Waals surface area contributed by atoms with E-state index in [9.17, 15) is 9.59 Å². The minimum absolute atomic E-state index is 0. The maximum atomic E-state index is 12.6. The Morgan fingerprint density at radius 1 is 1.07 bits per heavy atom. The molecule has 0 bridgehead atoms. The van der Waals surface area contributed by atoms with Gasteiger partial charge < -0.3 is 16.4 Å². The topological polar surface area (TPSA) is 87.5 Å². The monoisotopic (exact) mass is 402 g/mol. The molecule has 2 aromatic carbocycles. The standard InChI is InChI=1S/C21H26N4O2.ClH/c1-23-21(27)20(16-10-6-3-7-11-16)24-19(26)14-25-12-17(18(22)13-25)15-8-4-2-5-9-15;/h2-11,17-18,20H,12-14,22H2,1H3,(H,23,27)(H,24,26);1H/t17-,18+,20?;/m0./s1. The van der Waals surface area contributed by atoms with Crippen LogP contribution in [0, 0.1) is 0 Å². The van der Waals surface area contributed by atoms with Crippen LogP contribution in [-0.2, 0) is 9.59 Å². The second-order valence-electron chi connectivity index (χ2n) is 6.90. The zero-order valence-corrected chi connectivity index (χ0v) is 16.7. The highest BCUT2D eigenvalue weighted by Crippen LogP contribution is 2.26. The van der Waals surface area contributed by atoms with Gasteiger partial charge in [0.15, 0.2) is 0 Å². The highest BCUT2D eigenvalue weighted by molar-refractivity contribution is 5.89. The highest BCUT2D eigenvalue weighted by Gasteiger charge is 2.32. The van der Waals surface area contributed by atoms with Gasteiger partial charge in [-0.25, -0.2) is 0 Å². The molecular formula is C21H27ClN4O2. The first-order valence-electron chi connectivity index (χ1n) is 9.17. The zero-order valence-electron chi connectivity index (χ0n) is 15.9. The average Bonchev–Trinajstić information content (AvgIpc) is 3.06. The van der Waals surface area contributed by atoms with Crippen molar-refractivity contribution in [2.45, 2.75) is 18.0 Å². The van der Waals surface area contributed by atoms with Crippen LogP contribution in [0.3, 0.4) is 0 Å². The first-order chi connectivity index (χ1) is 13.1. The average molecular weight is 403 g/mol. The van der Waals surface area contributed by atoms with Gasteiger partial charge in [0, 0.05) is 32.1 Å². The number of likely N-dealkylation sites (N-methyl/N-ethyl adjacent to an activating group) is 1. The Labute approximate surface area is 171 Å². The maximum absolute atomic E-state index is 12.6. The second kappa shape index (κ2) is 10.2. The first kappa shape index (κ1) is 21.9. The molecule has 2 aromatic rings. The van der Waals surface area contributed by atoms with Crippen molar-refractivity contribution in [1.82, 2.24) is 15.5 Å². The Hall–Kier alpha value is -2.41. The molecule has 28 heavy (non-hydrogen) atoms. The summed E-state index contributed by atoms with van der Waals surface area (Å²) in [5, 5.41) is 5.46. The number of nitrogens with zero attached hydrogens (tertiary/aromatic N) is 1. The number of hydrogen-bond donors (Lipinski definition) is 3. The van der Waals surface area contributed by atoms with E-state index in [2.05, 4.69) is 22.8 Å². The zero-order chi connectivity index (χ0) is 19.2. The molecule has 1 heterocycles. The SMILES string of the molecule is CNC(=O)C(NC(=O)CN1C[C@@H](N)[C@H](c2ccccc2)C1)c1ccccc1.Cl. The van der Waals surface area contributed by atoms with Gasteiger partial charge in [0.25, 0.3) is 0 Å². The Morgan fingerprint density at radius 3 is 2.29 bits per heavy atom. The van der Waals surface area contributed by atoms with Crippen LogP contribution in [0.4, 0.5) is 0 Å². The van der Waals surface area contributed by atoms with Gasteiger partial charge in [0.05, 0.1) is 6.54 Å². The summed E-state index contributed by atoms with van der Waals surface area (Å²) in [4.78, 5) is 26.8. The first-order valence-corrected chi connectivity index (χ1v) is 9.17. The van der Waals surface area contributed by atoms with E-state index < -0.39 is 6.04 Å². The molecule has 3 atom stereocenters. The van der Waals surface area contributed by atoms with Gasteiger partial charge in [-0.2, -0.15) is 0 Å². The van der Waals surface area contributed by atoms with E-state index in [-0.39, 0.29) is 42.7 Å². The normalized spacial score (nSPS) is 20.1. The Balaban J connectivity index is 0.00000280. The number of nitrogens with two attached hydrogens (primary N) is 1. The lowest BCUT2D eigenvalue weighted by atomic mass is 9.95. The van der Waals surface area contributed by atoms with Crippen LogP contribution >= 0.6 is 12.4 Å². The minimum Gasteiger partial charge on any atom is -0.357 e. The minimum atomic E-state index is -0.704. The van der Waals surface area contributed by atoms with E-state index in [0.717, 1.165) is 12.1 Å². The van der Waals surface area contributed by atoms with Gasteiger partial charge in [0.1, 0.15) is 6.04 Å². The summed E-state index contributed by atoms with van der Waals surface area (Å²) in [5.41, 5.74) is 8.25. The van der Waals surface area contributed by atoms with E-state index in [4.69, 9.17) is 5.73 Å². The molecule has 1 aliphatic rings. The van der Waals surface area contributed by atoms with Crippen LogP contribution in [0.15, 0.2) is 60.7 Å². The van der Waals surface area contributed by atoms with Crippen LogP contribution in [0.1, 0.15) is 23.1 Å². The summed E-state index contributed by atoms with van der Waals surface area (Å²) >= 11 is 0. The fourth-order valence-corrected chi connectivity index (χ4v) is 3.60. The molecule has 2 amide bonds. The van der Waals surface area contributed by atoms with Crippen LogP contribution in [-0.4, -0.2) is 49.4 Å². The summed E-state index contributed by atoms with van der Waals surface area (Å²) in [5.74, 6) is -0.217. The molecule has 0 aromatic heterocycles. The van der Waals surface area contributed by atoms with Crippen molar-refractivity contribution in [1.29, 1.82) is 0 Å². The van der Waals surface area contributed by atoms with Crippen molar-refractivity contribution < 1.29 is 9.59 Å². The summed E-state index contributed by atoms with van der Waals surface area (Å²) in [7, 11) is 1.56. The van der Waals surface area contributed by atoms with E-state index in [0.29, 0.717) is 6.54 Å². The van der Waals surface area contributed by atoms with E-state index in [1.807, 2.05) is 53.4 Å². The van der Waals surface area contributed by atoms with Crippen molar-refractivity contribution in [2.75, 3.05) is 26.7 Å². The molecule has 4 N–H and O–H groups in total. The van der Waals surface area contributed by atoms with Crippen LogP contribution < -0.4 is 16.4 Å². The molecule has 6 nitrogen and oxygen atoms in total. The number of carbonyl (C=O) groups is 2. The maximum Gasteiger partial charge on any atom is 0.246 e. The second-order valence-corrected chi connectivity index (χ2v) is 6.90. The van der Waals surface area contributed by atoms with Crippen molar-refractivity contribution in [3.05, 3.63) is 71.8 Å². The summed E-state index contributed by atoms with van der Waals surface area (Å²) in [6.45, 7) is 1.61. The fourth-order valence-electron chi connectivity index (χ4n) is 3.60. The van der Waals surface area contributed by atoms with Crippen LogP contribution in [0.25, 0.3) is 0 Å². The summed E-state index contributed by atoms with van der Waals surface area (Å²) in [6.07, 6.45) is 0. The van der Waals surface area contributed by atoms with E-state index in [1.54, 1.807) is 7.05 Å². The molecule has 1 saturated heterocycles. The molecule has 150 valence electrons.